The topological polar surface area (TPSA) is 66.9 Å². The molecule has 0 aromatic rings. The third-order valence-corrected chi connectivity index (χ3v) is 8.72. The number of carbonyl (C=O) groups excluding carboxylic acids is 3. The maximum absolute atomic E-state index is 13.8. The van der Waals surface area contributed by atoms with Crippen molar-refractivity contribution in [3.63, 3.8) is 0 Å². The van der Waals surface area contributed by atoms with Crippen molar-refractivity contribution in [1.82, 2.24) is 9.80 Å². The molecular formula is C24H36N2O4. The molecule has 2 saturated heterocycles. The normalized spacial score (nSPS) is 38.2. The number of amides is 2. The highest BCUT2D eigenvalue weighted by molar-refractivity contribution is 5.91. The molecule has 4 bridgehead atoms. The zero-order chi connectivity index (χ0) is 20.9. The summed E-state index contributed by atoms with van der Waals surface area (Å²) in [6.45, 7) is 4.15. The van der Waals surface area contributed by atoms with Gasteiger partial charge in [0.25, 0.3) is 0 Å². The molecule has 4 aliphatic carbocycles. The largest absolute Gasteiger partial charge is 0.466 e. The van der Waals surface area contributed by atoms with Gasteiger partial charge in [0.1, 0.15) is 6.04 Å². The molecule has 2 aliphatic heterocycles. The summed E-state index contributed by atoms with van der Waals surface area (Å²) < 4.78 is 5.15. The van der Waals surface area contributed by atoms with Crippen molar-refractivity contribution in [2.45, 2.75) is 77.2 Å². The Morgan fingerprint density at radius 3 is 2.07 bits per heavy atom. The van der Waals surface area contributed by atoms with E-state index < -0.39 is 0 Å². The van der Waals surface area contributed by atoms with Gasteiger partial charge >= 0.3 is 5.97 Å². The summed E-state index contributed by atoms with van der Waals surface area (Å²) in [7, 11) is 0. The molecule has 6 rings (SSSR count). The van der Waals surface area contributed by atoms with Gasteiger partial charge in [0.15, 0.2) is 0 Å². The van der Waals surface area contributed by atoms with Crippen molar-refractivity contribution in [2.75, 3.05) is 26.2 Å². The predicted molar refractivity (Wildman–Crippen MR) is 111 cm³/mol. The second-order valence-corrected chi connectivity index (χ2v) is 10.7. The Balaban J connectivity index is 1.24. The molecule has 30 heavy (non-hydrogen) atoms. The minimum Gasteiger partial charge on any atom is -0.466 e. The van der Waals surface area contributed by atoms with Gasteiger partial charge in [-0.25, -0.2) is 0 Å². The first-order chi connectivity index (χ1) is 14.5. The summed E-state index contributed by atoms with van der Waals surface area (Å²) in [5.41, 5.74) is -0.172. The lowest BCUT2D eigenvalue weighted by Gasteiger charge is -2.56. The van der Waals surface area contributed by atoms with Crippen LogP contribution in [-0.4, -0.2) is 59.9 Å². The Hall–Kier alpha value is -1.59. The summed E-state index contributed by atoms with van der Waals surface area (Å²) >= 11 is 0. The van der Waals surface area contributed by atoms with Crippen LogP contribution in [0.5, 0.6) is 0 Å². The molecular weight excluding hydrogens is 380 g/mol. The number of likely N-dealkylation sites (tertiary alicyclic amines) is 2. The van der Waals surface area contributed by atoms with E-state index in [0.717, 1.165) is 56.4 Å². The van der Waals surface area contributed by atoms with E-state index in [0.29, 0.717) is 38.4 Å². The molecule has 2 heterocycles. The van der Waals surface area contributed by atoms with Crippen molar-refractivity contribution in [2.24, 2.45) is 29.1 Å². The molecule has 0 aromatic heterocycles. The number of hydrogen-bond donors (Lipinski definition) is 0. The summed E-state index contributed by atoms with van der Waals surface area (Å²) in [5, 5.41) is 0. The Kier molecular flexibility index (Phi) is 5.30. The third kappa shape index (κ3) is 3.44. The van der Waals surface area contributed by atoms with E-state index in [-0.39, 0.29) is 29.3 Å². The lowest BCUT2D eigenvalue weighted by molar-refractivity contribution is -0.162. The fourth-order valence-electron chi connectivity index (χ4n) is 7.75. The molecule has 4 saturated carbocycles. The van der Waals surface area contributed by atoms with Gasteiger partial charge in [0.05, 0.1) is 17.9 Å². The number of ether oxygens (including phenoxy) is 1. The summed E-state index contributed by atoms with van der Waals surface area (Å²) in [6, 6.07) is -0.287. The summed E-state index contributed by atoms with van der Waals surface area (Å²) in [5.74, 6) is 2.37. The monoisotopic (exact) mass is 416 g/mol. The van der Waals surface area contributed by atoms with Crippen molar-refractivity contribution in [3.05, 3.63) is 0 Å². The minimum atomic E-state index is -0.287. The van der Waals surface area contributed by atoms with Crippen LogP contribution in [0, 0.1) is 29.1 Å². The van der Waals surface area contributed by atoms with Gasteiger partial charge in [0.2, 0.25) is 11.8 Å². The van der Waals surface area contributed by atoms with Gasteiger partial charge in [-0.1, -0.05) is 0 Å². The highest BCUT2D eigenvalue weighted by atomic mass is 16.5. The van der Waals surface area contributed by atoms with Crippen LogP contribution in [0.15, 0.2) is 0 Å². The minimum absolute atomic E-state index is 0.0951. The lowest BCUT2D eigenvalue weighted by atomic mass is 9.49. The number of rotatable bonds is 4. The maximum Gasteiger partial charge on any atom is 0.309 e. The number of esters is 1. The molecule has 2 amide bonds. The Bertz CT molecular complexity index is 677. The number of hydrogen-bond acceptors (Lipinski definition) is 4. The van der Waals surface area contributed by atoms with Crippen molar-refractivity contribution < 1.29 is 19.1 Å². The molecule has 1 atom stereocenters. The highest BCUT2D eigenvalue weighted by Gasteiger charge is 2.57. The lowest BCUT2D eigenvalue weighted by Crippen LogP contribution is -2.58. The first-order valence-electron chi connectivity index (χ1n) is 12.3. The number of nitrogens with zero attached hydrogens (tertiary/aromatic N) is 2. The molecule has 166 valence electrons. The van der Waals surface area contributed by atoms with Crippen molar-refractivity contribution in [1.29, 1.82) is 0 Å². The van der Waals surface area contributed by atoms with E-state index in [2.05, 4.69) is 0 Å². The van der Waals surface area contributed by atoms with E-state index in [9.17, 15) is 14.4 Å². The van der Waals surface area contributed by atoms with Gasteiger partial charge in [-0.05, 0) is 88.9 Å². The van der Waals surface area contributed by atoms with Gasteiger partial charge in [-0.2, -0.15) is 0 Å². The van der Waals surface area contributed by atoms with E-state index >= 15 is 0 Å². The van der Waals surface area contributed by atoms with Crippen LogP contribution in [0.2, 0.25) is 0 Å². The SMILES string of the molecule is CCOC(=O)C1CCN(C(=O)C2CCCN2C(=O)C23CC4CC(CC(C4)C2)C3)CC1. The standard InChI is InChI=1S/C24H36N2O4/c1-2-30-22(28)19-5-8-25(9-6-19)21(27)20-4-3-7-26(20)23(29)24-13-16-10-17(14-24)12-18(11-16)15-24/h16-20H,2-15H2,1H3. The number of carbonyl (C=O) groups is 3. The van der Waals surface area contributed by atoms with E-state index in [1.807, 2.05) is 16.7 Å². The molecule has 0 spiro atoms. The molecule has 6 aliphatic rings. The van der Waals surface area contributed by atoms with Crippen LogP contribution in [0.4, 0.5) is 0 Å². The van der Waals surface area contributed by atoms with Crippen molar-refractivity contribution in [3.8, 4) is 0 Å². The van der Waals surface area contributed by atoms with Crippen LogP contribution >= 0.6 is 0 Å². The molecule has 6 nitrogen and oxygen atoms in total. The first-order valence-corrected chi connectivity index (χ1v) is 12.3. The quantitative estimate of drug-likeness (QED) is 0.661. The van der Waals surface area contributed by atoms with Gasteiger partial charge in [-0.3, -0.25) is 14.4 Å². The average molecular weight is 417 g/mol. The second-order valence-electron chi connectivity index (χ2n) is 10.7. The molecule has 6 heteroatoms. The van der Waals surface area contributed by atoms with E-state index in [4.69, 9.17) is 4.74 Å². The van der Waals surface area contributed by atoms with Crippen LogP contribution in [-0.2, 0) is 19.1 Å². The Morgan fingerprint density at radius 1 is 0.900 bits per heavy atom. The molecule has 0 radical (unpaired) electrons. The molecule has 0 aromatic carbocycles. The fourth-order valence-corrected chi connectivity index (χ4v) is 7.75. The van der Waals surface area contributed by atoms with Gasteiger partial charge in [-0.15, -0.1) is 0 Å². The van der Waals surface area contributed by atoms with Crippen molar-refractivity contribution >= 4 is 17.8 Å². The highest BCUT2D eigenvalue weighted by Crippen LogP contribution is 2.60. The van der Waals surface area contributed by atoms with E-state index in [1.54, 1.807) is 0 Å². The molecule has 0 N–H and O–H groups in total. The molecule has 1 unspecified atom stereocenters. The first kappa shape index (κ1) is 20.3. The summed E-state index contributed by atoms with van der Waals surface area (Å²) in [6.07, 6.45) is 10.2. The molecule has 6 fully saturated rings. The van der Waals surface area contributed by atoms with Gasteiger partial charge in [0, 0.05) is 19.6 Å². The Morgan fingerprint density at radius 2 is 1.50 bits per heavy atom. The average Bonchev–Trinajstić information content (AvgIpc) is 3.21. The van der Waals surface area contributed by atoms with Crippen LogP contribution in [0.25, 0.3) is 0 Å². The smallest absolute Gasteiger partial charge is 0.309 e. The van der Waals surface area contributed by atoms with Crippen LogP contribution < -0.4 is 0 Å². The maximum atomic E-state index is 13.8. The van der Waals surface area contributed by atoms with Crippen LogP contribution in [0.1, 0.15) is 71.1 Å². The fraction of sp³-hybridized carbons (Fsp3) is 0.875. The Labute approximate surface area is 179 Å². The van der Waals surface area contributed by atoms with E-state index in [1.165, 1.54) is 19.3 Å². The zero-order valence-electron chi connectivity index (χ0n) is 18.3. The summed E-state index contributed by atoms with van der Waals surface area (Å²) in [4.78, 5) is 43.0. The van der Waals surface area contributed by atoms with Crippen LogP contribution in [0.3, 0.4) is 0 Å². The zero-order valence-corrected chi connectivity index (χ0v) is 18.3. The second kappa shape index (κ2) is 7.83. The van der Waals surface area contributed by atoms with Gasteiger partial charge < -0.3 is 14.5 Å². The predicted octanol–water partition coefficient (Wildman–Crippen LogP) is 3.00. The number of piperidine rings is 1. The third-order valence-electron chi connectivity index (χ3n) is 8.72.